The van der Waals surface area contributed by atoms with Crippen molar-refractivity contribution in [3.8, 4) is 0 Å². The van der Waals surface area contributed by atoms with E-state index in [1.54, 1.807) is 35.4 Å². The summed E-state index contributed by atoms with van der Waals surface area (Å²) in [5.41, 5.74) is 0.888. The summed E-state index contributed by atoms with van der Waals surface area (Å²) in [4.78, 5) is 27.8. The summed E-state index contributed by atoms with van der Waals surface area (Å²) in [6.45, 7) is 2.34. The molecule has 1 saturated heterocycles. The molecule has 1 aliphatic rings. The summed E-state index contributed by atoms with van der Waals surface area (Å²) >= 11 is 0. The molecule has 3 rings (SSSR count). The maximum absolute atomic E-state index is 12.9. The van der Waals surface area contributed by atoms with Crippen LogP contribution in [0.3, 0.4) is 0 Å². The van der Waals surface area contributed by atoms with Crippen molar-refractivity contribution in [3.63, 3.8) is 0 Å². The third-order valence-electron chi connectivity index (χ3n) is 4.09. The number of piperazine rings is 1. The average Bonchev–Trinajstić information content (AvgIpc) is 3.11. The van der Waals surface area contributed by atoms with Gasteiger partial charge in [-0.25, -0.2) is 4.39 Å². The van der Waals surface area contributed by atoms with Crippen LogP contribution >= 0.6 is 0 Å². The standard InChI is InChI=1S/C18H20FN3O3/c19-15-5-3-14(4-6-15)11-22-8-7-21(13-18(22)24)12-17(23)20-10-16-2-1-9-25-16/h1-6,9H,7-8,10-13H2,(H,20,23). The van der Waals surface area contributed by atoms with Crippen molar-refractivity contribution in [1.29, 1.82) is 0 Å². The third kappa shape index (κ3) is 4.90. The lowest BCUT2D eigenvalue weighted by molar-refractivity contribution is -0.137. The van der Waals surface area contributed by atoms with Crippen LogP contribution in [0.25, 0.3) is 0 Å². The molecule has 0 saturated carbocycles. The number of furan rings is 1. The monoisotopic (exact) mass is 345 g/mol. The number of amides is 2. The maximum Gasteiger partial charge on any atom is 0.237 e. The summed E-state index contributed by atoms with van der Waals surface area (Å²) in [6, 6.07) is 9.69. The lowest BCUT2D eigenvalue weighted by atomic mass is 10.2. The van der Waals surface area contributed by atoms with Gasteiger partial charge in [-0.1, -0.05) is 12.1 Å². The van der Waals surface area contributed by atoms with E-state index in [-0.39, 0.29) is 30.7 Å². The SMILES string of the molecule is O=C(CN1CCN(Cc2ccc(F)cc2)C(=O)C1)NCc1ccco1. The Morgan fingerprint density at radius 2 is 2.00 bits per heavy atom. The molecule has 7 heteroatoms. The lowest BCUT2D eigenvalue weighted by Gasteiger charge is -2.34. The van der Waals surface area contributed by atoms with Gasteiger partial charge in [0.05, 0.1) is 25.9 Å². The van der Waals surface area contributed by atoms with E-state index in [1.807, 2.05) is 4.90 Å². The van der Waals surface area contributed by atoms with E-state index in [1.165, 1.54) is 12.1 Å². The Morgan fingerprint density at radius 1 is 1.20 bits per heavy atom. The van der Waals surface area contributed by atoms with Gasteiger partial charge in [0.2, 0.25) is 11.8 Å². The average molecular weight is 345 g/mol. The number of carbonyl (C=O) groups is 2. The molecule has 132 valence electrons. The van der Waals surface area contributed by atoms with Gasteiger partial charge in [0.25, 0.3) is 0 Å². The highest BCUT2D eigenvalue weighted by atomic mass is 19.1. The Kier molecular flexibility index (Phi) is 5.45. The van der Waals surface area contributed by atoms with E-state index in [2.05, 4.69) is 5.32 Å². The van der Waals surface area contributed by atoms with Gasteiger partial charge in [0, 0.05) is 19.6 Å². The van der Waals surface area contributed by atoms with Crippen LogP contribution in [0.1, 0.15) is 11.3 Å². The van der Waals surface area contributed by atoms with Gasteiger partial charge in [-0.2, -0.15) is 0 Å². The second kappa shape index (κ2) is 7.94. The van der Waals surface area contributed by atoms with Gasteiger partial charge >= 0.3 is 0 Å². The molecule has 2 heterocycles. The molecule has 0 bridgehead atoms. The van der Waals surface area contributed by atoms with Crippen molar-refractivity contribution in [3.05, 3.63) is 59.8 Å². The molecule has 1 aromatic heterocycles. The quantitative estimate of drug-likeness (QED) is 0.859. The second-order valence-corrected chi connectivity index (χ2v) is 6.01. The molecule has 2 amide bonds. The Balaban J connectivity index is 1.44. The minimum absolute atomic E-state index is 0.0330. The minimum Gasteiger partial charge on any atom is -0.467 e. The normalized spacial score (nSPS) is 15.4. The topological polar surface area (TPSA) is 65.8 Å². The minimum atomic E-state index is -0.291. The number of nitrogens with one attached hydrogen (secondary N) is 1. The third-order valence-corrected chi connectivity index (χ3v) is 4.09. The lowest BCUT2D eigenvalue weighted by Crippen LogP contribution is -2.52. The Labute approximate surface area is 145 Å². The van der Waals surface area contributed by atoms with Crippen molar-refractivity contribution in [2.45, 2.75) is 13.1 Å². The van der Waals surface area contributed by atoms with Crippen molar-refractivity contribution in [1.82, 2.24) is 15.1 Å². The molecule has 0 radical (unpaired) electrons. The number of benzene rings is 1. The molecule has 1 fully saturated rings. The largest absolute Gasteiger partial charge is 0.467 e. The Bertz CT molecular complexity index is 716. The molecule has 0 spiro atoms. The molecule has 0 atom stereocenters. The number of halogens is 1. The molecular weight excluding hydrogens is 325 g/mol. The first-order valence-electron chi connectivity index (χ1n) is 8.14. The summed E-state index contributed by atoms with van der Waals surface area (Å²) in [5.74, 6) is 0.222. The first-order chi connectivity index (χ1) is 12.1. The van der Waals surface area contributed by atoms with Crippen LogP contribution in [0.15, 0.2) is 47.1 Å². The van der Waals surface area contributed by atoms with Crippen LogP contribution in [-0.2, 0) is 22.7 Å². The first kappa shape index (κ1) is 17.2. The van der Waals surface area contributed by atoms with Gasteiger partial charge < -0.3 is 14.6 Å². The van der Waals surface area contributed by atoms with Gasteiger partial charge in [0.15, 0.2) is 0 Å². The summed E-state index contributed by atoms with van der Waals surface area (Å²) in [6.07, 6.45) is 1.56. The highest BCUT2D eigenvalue weighted by molar-refractivity contribution is 5.81. The van der Waals surface area contributed by atoms with Crippen LogP contribution in [0.2, 0.25) is 0 Å². The number of rotatable bonds is 6. The second-order valence-electron chi connectivity index (χ2n) is 6.01. The summed E-state index contributed by atoms with van der Waals surface area (Å²) < 4.78 is 18.1. The maximum atomic E-state index is 12.9. The summed E-state index contributed by atoms with van der Waals surface area (Å²) in [7, 11) is 0. The molecular formula is C18H20FN3O3. The number of carbonyl (C=O) groups excluding carboxylic acids is 2. The van der Waals surface area contributed by atoms with Gasteiger partial charge in [-0.15, -0.1) is 0 Å². The van der Waals surface area contributed by atoms with E-state index >= 15 is 0 Å². The van der Waals surface area contributed by atoms with Crippen molar-refractivity contribution in [2.24, 2.45) is 0 Å². The molecule has 6 nitrogen and oxygen atoms in total. The molecule has 1 aliphatic heterocycles. The zero-order chi connectivity index (χ0) is 17.6. The summed E-state index contributed by atoms with van der Waals surface area (Å²) in [5, 5.41) is 2.77. The van der Waals surface area contributed by atoms with Gasteiger partial charge in [0.1, 0.15) is 11.6 Å². The van der Waals surface area contributed by atoms with Crippen LogP contribution in [-0.4, -0.2) is 47.8 Å². The zero-order valence-electron chi connectivity index (χ0n) is 13.8. The molecule has 0 unspecified atom stereocenters. The van der Waals surface area contributed by atoms with E-state index in [0.717, 1.165) is 5.56 Å². The number of hydrogen-bond donors (Lipinski definition) is 1. The highest BCUT2D eigenvalue weighted by Gasteiger charge is 2.25. The first-order valence-corrected chi connectivity index (χ1v) is 8.14. The molecule has 25 heavy (non-hydrogen) atoms. The smallest absolute Gasteiger partial charge is 0.237 e. The fourth-order valence-corrected chi connectivity index (χ4v) is 2.73. The fourth-order valence-electron chi connectivity index (χ4n) is 2.73. The van der Waals surface area contributed by atoms with Crippen molar-refractivity contribution >= 4 is 11.8 Å². The Hall–Kier alpha value is -2.67. The van der Waals surface area contributed by atoms with Crippen LogP contribution in [0.5, 0.6) is 0 Å². The van der Waals surface area contributed by atoms with E-state index in [4.69, 9.17) is 4.42 Å². The van der Waals surface area contributed by atoms with Crippen LogP contribution in [0, 0.1) is 5.82 Å². The molecule has 1 aromatic carbocycles. The molecule has 1 N–H and O–H groups in total. The highest BCUT2D eigenvalue weighted by Crippen LogP contribution is 2.10. The predicted octanol–water partition coefficient (Wildman–Crippen LogP) is 1.38. The van der Waals surface area contributed by atoms with Crippen LogP contribution < -0.4 is 5.32 Å². The van der Waals surface area contributed by atoms with E-state index in [0.29, 0.717) is 31.9 Å². The van der Waals surface area contributed by atoms with Crippen molar-refractivity contribution < 1.29 is 18.4 Å². The zero-order valence-corrected chi connectivity index (χ0v) is 13.8. The van der Waals surface area contributed by atoms with Gasteiger partial charge in [-0.05, 0) is 29.8 Å². The predicted molar refractivity (Wildman–Crippen MR) is 88.8 cm³/mol. The number of hydrogen-bond acceptors (Lipinski definition) is 4. The van der Waals surface area contributed by atoms with Crippen molar-refractivity contribution in [2.75, 3.05) is 26.2 Å². The van der Waals surface area contributed by atoms with Crippen LogP contribution in [0.4, 0.5) is 4.39 Å². The van der Waals surface area contributed by atoms with E-state index < -0.39 is 0 Å². The van der Waals surface area contributed by atoms with E-state index in [9.17, 15) is 14.0 Å². The number of nitrogens with zero attached hydrogens (tertiary/aromatic N) is 2. The molecule has 2 aromatic rings. The fraction of sp³-hybridized carbons (Fsp3) is 0.333. The van der Waals surface area contributed by atoms with Gasteiger partial charge in [-0.3, -0.25) is 14.5 Å². The molecule has 0 aliphatic carbocycles. The Morgan fingerprint density at radius 3 is 2.68 bits per heavy atom.